The van der Waals surface area contributed by atoms with Gasteiger partial charge < -0.3 is 14.9 Å². The number of halogens is 1. The molecule has 0 fully saturated rings. The summed E-state index contributed by atoms with van der Waals surface area (Å²) in [7, 11) is 1.47. The molecule has 0 unspecified atom stereocenters. The molecule has 0 saturated heterocycles. The van der Waals surface area contributed by atoms with Crippen LogP contribution in [0.25, 0.3) is 10.9 Å². The van der Waals surface area contributed by atoms with Crippen molar-refractivity contribution in [2.75, 3.05) is 7.11 Å². The van der Waals surface area contributed by atoms with Gasteiger partial charge in [0.1, 0.15) is 11.5 Å². The molecule has 6 nitrogen and oxygen atoms in total. The van der Waals surface area contributed by atoms with Crippen molar-refractivity contribution < 1.29 is 24.5 Å². The SMILES string of the molecule is COc1cc2c(CC(=O)O)c(C)n(C(=O)c3ccc(O)cc3)c2cc1Cl. The molecule has 3 rings (SSSR count). The standard InChI is InChI=1S/C19H16ClNO5/c1-10-13(8-18(23)24)14-7-17(26-2)15(20)9-16(14)21(10)19(25)11-3-5-12(22)6-4-11/h3-7,9,22H,8H2,1-2H3,(H,23,24). The van der Waals surface area contributed by atoms with Crippen molar-refractivity contribution in [3.63, 3.8) is 0 Å². The predicted octanol–water partition coefficient (Wildman–Crippen LogP) is 3.63. The van der Waals surface area contributed by atoms with E-state index in [2.05, 4.69) is 0 Å². The van der Waals surface area contributed by atoms with Crippen molar-refractivity contribution in [2.45, 2.75) is 13.3 Å². The molecule has 0 bridgehead atoms. The molecule has 26 heavy (non-hydrogen) atoms. The molecular formula is C19H16ClNO5. The van der Waals surface area contributed by atoms with Gasteiger partial charge in [0.25, 0.3) is 5.91 Å². The van der Waals surface area contributed by atoms with Gasteiger partial charge in [-0.3, -0.25) is 14.2 Å². The number of ether oxygens (including phenoxy) is 1. The number of phenols is 1. The highest BCUT2D eigenvalue weighted by Crippen LogP contribution is 2.35. The molecule has 0 spiro atoms. The number of hydrogen-bond acceptors (Lipinski definition) is 4. The molecule has 1 aromatic heterocycles. The summed E-state index contributed by atoms with van der Waals surface area (Å²) in [6.07, 6.45) is -0.233. The smallest absolute Gasteiger partial charge is 0.307 e. The van der Waals surface area contributed by atoms with Gasteiger partial charge in [-0.15, -0.1) is 0 Å². The summed E-state index contributed by atoms with van der Waals surface area (Å²) >= 11 is 6.22. The van der Waals surface area contributed by atoms with E-state index in [0.717, 1.165) is 0 Å². The summed E-state index contributed by atoms with van der Waals surface area (Å²) in [5.74, 6) is -0.890. The van der Waals surface area contributed by atoms with Crippen molar-refractivity contribution in [3.05, 3.63) is 58.2 Å². The van der Waals surface area contributed by atoms with Gasteiger partial charge in [0.2, 0.25) is 0 Å². The Balaban J connectivity index is 2.28. The summed E-state index contributed by atoms with van der Waals surface area (Å²) in [6.45, 7) is 1.69. The normalized spacial score (nSPS) is 10.9. The van der Waals surface area contributed by atoms with E-state index in [0.29, 0.717) is 38.5 Å². The van der Waals surface area contributed by atoms with E-state index in [1.807, 2.05) is 0 Å². The summed E-state index contributed by atoms with van der Waals surface area (Å²) in [5, 5.41) is 19.6. The van der Waals surface area contributed by atoms with Crippen LogP contribution in [-0.4, -0.2) is 33.8 Å². The predicted molar refractivity (Wildman–Crippen MR) is 97.4 cm³/mol. The van der Waals surface area contributed by atoms with Gasteiger partial charge >= 0.3 is 5.97 Å². The Morgan fingerprint density at radius 1 is 1.19 bits per heavy atom. The second-order valence-electron chi connectivity index (χ2n) is 5.83. The van der Waals surface area contributed by atoms with E-state index >= 15 is 0 Å². The fourth-order valence-electron chi connectivity index (χ4n) is 3.01. The van der Waals surface area contributed by atoms with Gasteiger partial charge in [0, 0.05) is 16.6 Å². The number of rotatable bonds is 4. The Morgan fingerprint density at radius 3 is 2.42 bits per heavy atom. The van der Waals surface area contributed by atoms with Gasteiger partial charge in [-0.1, -0.05) is 11.6 Å². The van der Waals surface area contributed by atoms with Crippen LogP contribution in [0, 0.1) is 6.92 Å². The first kappa shape index (κ1) is 17.8. The third-order valence-corrected chi connectivity index (χ3v) is 4.55. The lowest BCUT2D eigenvalue weighted by Gasteiger charge is -2.08. The van der Waals surface area contributed by atoms with Crippen LogP contribution in [0.15, 0.2) is 36.4 Å². The molecule has 0 aliphatic heterocycles. The monoisotopic (exact) mass is 373 g/mol. The van der Waals surface area contributed by atoms with Crippen LogP contribution in [-0.2, 0) is 11.2 Å². The van der Waals surface area contributed by atoms with Crippen LogP contribution in [0.4, 0.5) is 0 Å². The van der Waals surface area contributed by atoms with E-state index in [4.69, 9.17) is 16.3 Å². The first-order chi connectivity index (χ1) is 12.3. The van der Waals surface area contributed by atoms with E-state index in [9.17, 15) is 19.8 Å². The zero-order valence-electron chi connectivity index (χ0n) is 14.1. The van der Waals surface area contributed by atoms with Crippen LogP contribution in [0.1, 0.15) is 21.6 Å². The van der Waals surface area contributed by atoms with Crippen molar-refractivity contribution in [3.8, 4) is 11.5 Å². The fourth-order valence-corrected chi connectivity index (χ4v) is 3.24. The van der Waals surface area contributed by atoms with E-state index in [1.165, 1.54) is 35.9 Å². The fraction of sp³-hybridized carbons (Fsp3) is 0.158. The number of carboxylic acid groups (broad SMARTS) is 1. The Morgan fingerprint density at radius 2 is 1.85 bits per heavy atom. The molecule has 0 aliphatic rings. The van der Waals surface area contributed by atoms with Crippen LogP contribution < -0.4 is 4.74 Å². The van der Waals surface area contributed by atoms with Crippen molar-refractivity contribution in [2.24, 2.45) is 0 Å². The average molecular weight is 374 g/mol. The number of aliphatic carboxylic acids is 1. The quantitative estimate of drug-likeness (QED) is 0.729. The molecule has 0 saturated carbocycles. The van der Waals surface area contributed by atoms with Gasteiger partial charge in [-0.2, -0.15) is 0 Å². The zero-order valence-corrected chi connectivity index (χ0v) is 14.9. The number of hydrogen-bond donors (Lipinski definition) is 2. The second kappa shape index (κ2) is 6.72. The minimum atomic E-state index is -1.00. The highest BCUT2D eigenvalue weighted by atomic mass is 35.5. The molecule has 2 N–H and O–H groups in total. The van der Waals surface area contributed by atoms with E-state index < -0.39 is 5.97 Å². The molecule has 7 heteroatoms. The van der Waals surface area contributed by atoms with Gasteiger partial charge in [0.05, 0.1) is 24.1 Å². The number of phenolic OH excluding ortho intramolecular Hbond substituents is 1. The number of aromatic hydroxyl groups is 1. The summed E-state index contributed by atoms with van der Waals surface area (Å²) in [4.78, 5) is 24.3. The number of nitrogens with zero attached hydrogens (tertiary/aromatic N) is 1. The van der Waals surface area contributed by atoms with Crippen LogP contribution in [0.5, 0.6) is 11.5 Å². The first-order valence-corrected chi connectivity index (χ1v) is 8.14. The molecule has 1 heterocycles. The number of carbonyl (C=O) groups is 2. The Hall–Kier alpha value is -2.99. The molecular weight excluding hydrogens is 358 g/mol. The molecule has 134 valence electrons. The van der Waals surface area contributed by atoms with Crippen LogP contribution in [0.3, 0.4) is 0 Å². The summed E-state index contributed by atoms with van der Waals surface area (Å²) in [6, 6.07) is 9.08. The Labute approximate surface area is 154 Å². The van der Waals surface area contributed by atoms with Crippen molar-refractivity contribution in [1.82, 2.24) is 4.57 Å². The average Bonchev–Trinajstić information content (AvgIpc) is 2.85. The highest BCUT2D eigenvalue weighted by molar-refractivity contribution is 6.33. The lowest BCUT2D eigenvalue weighted by Crippen LogP contribution is -2.14. The third-order valence-electron chi connectivity index (χ3n) is 4.25. The third kappa shape index (κ3) is 2.99. The lowest BCUT2D eigenvalue weighted by atomic mass is 10.1. The Bertz CT molecular complexity index is 1020. The second-order valence-corrected chi connectivity index (χ2v) is 6.23. The maximum Gasteiger partial charge on any atom is 0.307 e. The number of carboxylic acids is 1. The van der Waals surface area contributed by atoms with Crippen molar-refractivity contribution in [1.29, 1.82) is 0 Å². The minimum absolute atomic E-state index is 0.0509. The molecule has 0 aliphatic carbocycles. The van der Waals surface area contributed by atoms with E-state index in [-0.39, 0.29) is 18.1 Å². The molecule has 0 radical (unpaired) electrons. The molecule has 3 aromatic rings. The first-order valence-electron chi connectivity index (χ1n) is 7.76. The van der Waals surface area contributed by atoms with Gasteiger partial charge in [-0.05, 0) is 48.9 Å². The number of carbonyl (C=O) groups excluding carboxylic acids is 1. The van der Waals surface area contributed by atoms with Crippen LogP contribution >= 0.6 is 11.6 Å². The maximum absolute atomic E-state index is 13.0. The van der Waals surface area contributed by atoms with E-state index in [1.54, 1.807) is 19.1 Å². The number of fused-ring (bicyclic) bond motifs is 1. The topological polar surface area (TPSA) is 88.8 Å². The number of methoxy groups -OCH3 is 1. The lowest BCUT2D eigenvalue weighted by molar-refractivity contribution is -0.136. The molecule has 0 amide bonds. The Kier molecular flexibility index (Phi) is 4.61. The largest absolute Gasteiger partial charge is 0.508 e. The minimum Gasteiger partial charge on any atom is -0.508 e. The van der Waals surface area contributed by atoms with Gasteiger partial charge in [0.15, 0.2) is 0 Å². The number of benzene rings is 2. The summed E-state index contributed by atoms with van der Waals surface area (Å²) < 4.78 is 6.65. The van der Waals surface area contributed by atoms with Gasteiger partial charge in [-0.25, -0.2) is 0 Å². The maximum atomic E-state index is 13.0. The molecule has 2 aromatic carbocycles. The summed E-state index contributed by atoms with van der Waals surface area (Å²) in [5.41, 5.74) is 1.90. The van der Waals surface area contributed by atoms with Crippen molar-refractivity contribution >= 4 is 34.4 Å². The molecule has 0 atom stereocenters. The zero-order chi connectivity index (χ0) is 19.0. The van der Waals surface area contributed by atoms with Crippen LogP contribution in [0.2, 0.25) is 5.02 Å². The number of aromatic nitrogens is 1. The highest BCUT2D eigenvalue weighted by Gasteiger charge is 2.23.